The predicted molar refractivity (Wildman–Crippen MR) is 136 cm³/mol. The van der Waals surface area contributed by atoms with Gasteiger partial charge in [-0.05, 0) is 37.1 Å². The van der Waals surface area contributed by atoms with Gasteiger partial charge >= 0.3 is 5.69 Å². The molecule has 6 rings (SSSR count). The number of aromatic nitrogens is 5. The minimum Gasteiger partial charge on any atom is -0.343 e. The van der Waals surface area contributed by atoms with E-state index >= 15 is 0 Å². The Balaban J connectivity index is 1.50. The molecule has 0 radical (unpaired) electrons. The standard InChI is InChI=1S/C27H26N6O2/c1-3-24(34)32-12-10-19(11-13-32)33-26-23(31(2)27(33)35)16-29-22-9-8-21(30-25(22)26)18-14-17-6-4-5-7-20(17)28-15-18/h4-9,14-16,19H,3,10-13H2,1-2H3. The van der Waals surface area contributed by atoms with Gasteiger partial charge in [0, 0.05) is 49.7 Å². The van der Waals surface area contributed by atoms with Gasteiger partial charge in [0.25, 0.3) is 0 Å². The Hall–Kier alpha value is -4.07. The van der Waals surface area contributed by atoms with Gasteiger partial charge in [-0.1, -0.05) is 25.1 Å². The zero-order valence-electron chi connectivity index (χ0n) is 19.8. The summed E-state index contributed by atoms with van der Waals surface area (Å²) in [6, 6.07) is 14.0. The second-order valence-corrected chi connectivity index (χ2v) is 9.15. The van der Waals surface area contributed by atoms with Crippen LogP contribution in [0.2, 0.25) is 0 Å². The van der Waals surface area contributed by atoms with Gasteiger partial charge in [-0.2, -0.15) is 0 Å². The van der Waals surface area contributed by atoms with Gasteiger partial charge in [0.1, 0.15) is 5.52 Å². The molecule has 1 aliphatic heterocycles. The van der Waals surface area contributed by atoms with Crippen molar-refractivity contribution >= 4 is 38.9 Å². The van der Waals surface area contributed by atoms with Crippen LogP contribution in [0.15, 0.2) is 59.7 Å². The predicted octanol–water partition coefficient (Wildman–Crippen LogP) is 4.07. The first-order valence-corrected chi connectivity index (χ1v) is 12.0. The average molecular weight is 467 g/mol. The van der Waals surface area contributed by atoms with E-state index in [9.17, 15) is 9.59 Å². The van der Waals surface area contributed by atoms with Crippen molar-refractivity contribution in [3.63, 3.8) is 0 Å². The number of carbonyl (C=O) groups excluding carboxylic acids is 1. The van der Waals surface area contributed by atoms with Crippen LogP contribution in [0.5, 0.6) is 0 Å². The number of benzene rings is 1. The van der Waals surface area contributed by atoms with Gasteiger partial charge in [-0.3, -0.25) is 23.9 Å². The molecule has 4 aromatic heterocycles. The molecule has 0 atom stereocenters. The summed E-state index contributed by atoms with van der Waals surface area (Å²) in [5.74, 6) is 0.165. The van der Waals surface area contributed by atoms with Gasteiger partial charge < -0.3 is 4.90 Å². The normalized spacial score (nSPS) is 14.9. The molecule has 176 valence electrons. The topological polar surface area (TPSA) is 85.9 Å². The number of piperidine rings is 1. The fourth-order valence-electron chi connectivity index (χ4n) is 5.19. The molecule has 5 aromatic rings. The van der Waals surface area contributed by atoms with Crippen LogP contribution in [-0.4, -0.2) is 48.0 Å². The zero-order valence-corrected chi connectivity index (χ0v) is 19.8. The Labute approximate surface area is 201 Å². The van der Waals surface area contributed by atoms with Crippen LogP contribution in [0.25, 0.3) is 44.2 Å². The highest BCUT2D eigenvalue weighted by molar-refractivity contribution is 6.00. The van der Waals surface area contributed by atoms with Crippen molar-refractivity contribution in [2.24, 2.45) is 7.05 Å². The third-order valence-corrected chi connectivity index (χ3v) is 7.13. The molecule has 0 saturated carbocycles. The highest BCUT2D eigenvalue weighted by Crippen LogP contribution is 2.31. The molecule has 1 aliphatic rings. The second-order valence-electron chi connectivity index (χ2n) is 9.15. The molecule has 1 fully saturated rings. The number of rotatable bonds is 3. The number of carbonyl (C=O) groups is 1. The molecule has 5 heterocycles. The fourth-order valence-corrected chi connectivity index (χ4v) is 5.19. The van der Waals surface area contributed by atoms with Crippen molar-refractivity contribution in [2.75, 3.05) is 13.1 Å². The Morgan fingerprint density at radius 1 is 1.03 bits per heavy atom. The van der Waals surface area contributed by atoms with E-state index in [1.807, 2.05) is 59.0 Å². The number of fused-ring (bicyclic) bond motifs is 4. The number of imidazole rings is 1. The lowest BCUT2D eigenvalue weighted by Gasteiger charge is -2.32. The first kappa shape index (κ1) is 21.5. The molecule has 8 nitrogen and oxygen atoms in total. The van der Waals surface area contributed by atoms with Crippen molar-refractivity contribution in [2.45, 2.75) is 32.2 Å². The summed E-state index contributed by atoms with van der Waals surface area (Å²) in [4.78, 5) is 41.6. The number of hydrogen-bond donors (Lipinski definition) is 0. The summed E-state index contributed by atoms with van der Waals surface area (Å²) in [7, 11) is 1.78. The second kappa shape index (κ2) is 8.30. The molecule has 0 bridgehead atoms. The van der Waals surface area contributed by atoms with E-state index in [0.717, 1.165) is 51.6 Å². The Kier molecular flexibility index (Phi) is 5.09. The van der Waals surface area contributed by atoms with Crippen molar-refractivity contribution in [1.29, 1.82) is 0 Å². The van der Waals surface area contributed by atoms with Crippen LogP contribution in [0.3, 0.4) is 0 Å². The monoisotopic (exact) mass is 466 g/mol. The zero-order chi connectivity index (χ0) is 24.1. The van der Waals surface area contributed by atoms with Crippen LogP contribution < -0.4 is 5.69 Å². The Bertz CT molecular complexity index is 1660. The van der Waals surface area contributed by atoms with E-state index in [-0.39, 0.29) is 17.6 Å². The van der Waals surface area contributed by atoms with Gasteiger partial charge in [-0.25, -0.2) is 9.78 Å². The summed E-state index contributed by atoms with van der Waals surface area (Å²) in [6.45, 7) is 3.20. The van der Waals surface area contributed by atoms with Gasteiger partial charge in [-0.15, -0.1) is 0 Å². The number of pyridine rings is 3. The first-order valence-electron chi connectivity index (χ1n) is 12.0. The van der Waals surface area contributed by atoms with Crippen LogP contribution >= 0.6 is 0 Å². The summed E-state index contributed by atoms with van der Waals surface area (Å²) in [5, 5.41) is 1.05. The van der Waals surface area contributed by atoms with E-state index in [1.165, 1.54) is 0 Å². The minimum atomic E-state index is -0.0749. The minimum absolute atomic E-state index is 0.00509. The van der Waals surface area contributed by atoms with E-state index < -0.39 is 0 Å². The Morgan fingerprint density at radius 3 is 2.60 bits per heavy atom. The smallest absolute Gasteiger partial charge is 0.329 e. The van der Waals surface area contributed by atoms with Gasteiger partial charge in [0.05, 0.1) is 34.0 Å². The van der Waals surface area contributed by atoms with Crippen LogP contribution in [-0.2, 0) is 11.8 Å². The number of nitrogens with zero attached hydrogens (tertiary/aromatic N) is 6. The van der Waals surface area contributed by atoms with E-state index in [4.69, 9.17) is 4.98 Å². The van der Waals surface area contributed by atoms with Crippen LogP contribution in [0.1, 0.15) is 32.2 Å². The summed E-state index contributed by atoms with van der Waals surface area (Å²) < 4.78 is 3.53. The van der Waals surface area contributed by atoms with Gasteiger partial charge in [0.2, 0.25) is 5.91 Å². The number of para-hydroxylation sites is 1. The molecule has 0 spiro atoms. The molecular weight excluding hydrogens is 440 g/mol. The average Bonchev–Trinajstić information content (AvgIpc) is 3.17. The molecule has 8 heteroatoms. The largest absolute Gasteiger partial charge is 0.343 e. The van der Waals surface area contributed by atoms with Gasteiger partial charge in [0.15, 0.2) is 0 Å². The summed E-state index contributed by atoms with van der Waals surface area (Å²) in [5.41, 5.74) is 5.58. The third-order valence-electron chi connectivity index (χ3n) is 7.13. The van der Waals surface area contributed by atoms with Crippen molar-refractivity contribution in [1.82, 2.24) is 29.0 Å². The lowest BCUT2D eigenvalue weighted by atomic mass is 10.0. The lowest BCUT2D eigenvalue weighted by molar-refractivity contribution is -0.132. The molecule has 1 aromatic carbocycles. The maximum atomic E-state index is 13.4. The number of amides is 1. The quantitative estimate of drug-likeness (QED) is 0.400. The third kappa shape index (κ3) is 3.48. The molecule has 0 aliphatic carbocycles. The highest BCUT2D eigenvalue weighted by atomic mass is 16.2. The molecular formula is C27H26N6O2. The first-order chi connectivity index (χ1) is 17.0. The van der Waals surface area contributed by atoms with E-state index in [2.05, 4.69) is 16.0 Å². The van der Waals surface area contributed by atoms with Crippen LogP contribution in [0.4, 0.5) is 0 Å². The molecule has 1 amide bonds. The fraction of sp³-hybridized carbons (Fsp3) is 0.296. The molecule has 1 saturated heterocycles. The van der Waals surface area contributed by atoms with Crippen molar-refractivity contribution in [3.8, 4) is 11.3 Å². The van der Waals surface area contributed by atoms with Crippen LogP contribution in [0, 0.1) is 0 Å². The molecule has 35 heavy (non-hydrogen) atoms. The highest BCUT2D eigenvalue weighted by Gasteiger charge is 2.27. The summed E-state index contributed by atoms with van der Waals surface area (Å²) >= 11 is 0. The number of aryl methyl sites for hydroxylation is 1. The van der Waals surface area contributed by atoms with E-state index in [1.54, 1.807) is 17.8 Å². The maximum Gasteiger partial charge on any atom is 0.329 e. The maximum absolute atomic E-state index is 13.4. The van der Waals surface area contributed by atoms with Crippen molar-refractivity contribution < 1.29 is 4.79 Å². The van der Waals surface area contributed by atoms with Crippen molar-refractivity contribution in [3.05, 3.63) is 65.3 Å². The molecule has 0 N–H and O–H groups in total. The Morgan fingerprint density at radius 2 is 1.80 bits per heavy atom. The summed E-state index contributed by atoms with van der Waals surface area (Å²) in [6.07, 6.45) is 5.57. The SMILES string of the molecule is CCC(=O)N1CCC(n2c(=O)n(C)c3cnc4ccc(-c5cnc6ccccc6c5)nc4c32)CC1. The van der Waals surface area contributed by atoms with E-state index in [0.29, 0.717) is 25.0 Å². The lowest BCUT2D eigenvalue weighted by Crippen LogP contribution is -2.40. The number of likely N-dealkylation sites (tertiary alicyclic amines) is 1. The number of hydrogen-bond acceptors (Lipinski definition) is 5. The molecule has 0 unspecified atom stereocenters.